The van der Waals surface area contributed by atoms with Gasteiger partial charge in [0.25, 0.3) is 0 Å². The first kappa shape index (κ1) is 22.3. The number of rotatable bonds is 6. The number of thiazole rings is 1. The molecule has 9 heteroatoms. The van der Waals surface area contributed by atoms with E-state index in [1.54, 1.807) is 29.7 Å². The van der Waals surface area contributed by atoms with Crippen molar-refractivity contribution in [3.05, 3.63) is 53.7 Å². The van der Waals surface area contributed by atoms with Crippen molar-refractivity contribution >= 4 is 36.5 Å². The molecule has 0 spiro atoms. The molecule has 0 aliphatic carbocycles. The average Bonchev–Trinajstić information content (AvgIpc) is 3.35. The highest BCUT2D eigenvalue weighted by atomic mass is 32.2. The Labute approximate surface area is 198 Å². The number of sulfonamides is 1. The number of hydrogen-bond acceptors (Lipinski definition) is 6. The number of benzene rings is 2. The topological polar surface area (TPSA) is 67.2 Å². The van der Waals surface area contributed by atoms with Crippen molar-refractivity contribution in [1.82, 2.24) is 18.6 Å². The zero-order valence-electron chi connectivity index (χ0n) is 19.1. The Morgan fingerprint density at radius 2 is 1.79 bits per heavy atom. The van der Waals surface area contributed by atoms with Crippen LogP contribution in [-0.2, 0) is 16.6 Å². The van der Waals surface area contributed by atoms with Crippen molar-refractivity contribution in [1.29, 1.82) is 0 Å². The number of imidazole rings is 1. The van der Waals surface area contributed by atoms with Gasteiger partial charge in [-0.25, -0.2) is 13.4 Å². The van der Waals surface area contributed by atoms with Crippen LogP contribution in [0.25, 0.3) is 26.4 Å². The summed E-state index contributed by atoms with van der Waals surface area (Å²) in [5.41, 5.74) is 5.55. The van der Waals surface area contributed by atoms with Crippen molar-refractivity contribution in [2.24, 2.45) is 0 Å². The molecular weight excluding hydrogens is 456 g/mol. The molecule has 1 aliphatic heterocycles. The van der Waals surface area contributed by atoms with Crippen LogP contribution in [0, 0.1) is 6.92 Å². The third-order valence-electron chi connectivity index (χ3n) is 6.34. The molecule has 174 valence electrons. The maximum atomic E-state index is 12.3. The quantitative estimate of drug-likeness (QED) is 0.414. The van der Waals surface area contributed by atoms with E-state index in [1.807, 2.05) is 6.07 Å². The summed E-state index contributed by atoms with van der Waals surface area (Å²) < 4.78 is 34.9. The van der Waals surface area contributed by atoms with Gasteiger partial charge >= 0.3 is 0 Å². The van der Waals surface area contributed by atoms with E-state index in [-0.39, 0.29) is 5.75 Å². The van der Waals surface area contributed by atoms with Gasteiger partial charge in [-0.3, -0.25) is 9.30 Å². The number of aryl methyl sites for hydroxylation is 1. The van der Waals surface area contributed by atoms with Gasteiger partial charge in [-0.1, -0.05) is 41.2 Å². The maximum Gasteiger partial charge on any atom is 0.213 e. The van der Waals surface area contributed by atoms with Crippen molar-refractivity contribution in [2.45, 2.75) is 20.4 Å². The summed E-state index contributed by atoms with van der Waals surface area (Å²) in [6.07, 6.45) is 0. The fourth-order valence-electron chi connectivity index (χ4n) is 4.38. The number of hydrogen-bond donors (Lipinski definition) is 0. The predicted molar refractivity (Wildman–Crippen MR) is 134 cm³/mol. The van der Waals surface area contributed by atoms with Crippen molar-refractivity contribution < 1.29 is 13.2 Å². The Balaban J connectivity index is 1.55. The molecular formula is C24H28N4O3S2. The van der Waals surface area contributed by atoms with Crippen molar-refractivity contribution in [2.75, 3.05) is 39.0 Å². The molecule has 33 heavy (non-hydrogen) atoms. The van der Waals surface area contributed by atoms with Gasteiger partial charge in [0.1, 0.15) is 5.75 Å². The molecule has 1 aliphatic rings. The summed E-state index contributed by atoms with van der Waals surface area (Å²) in [4.78, 5) is 8.33. The Bertz CT molecular complexity index is 1400. The standard InChI is InChI=1S/C24H28N4O3S2/c1-4-33(29,30)27-13-11-26(12-14-27)16-21-23(18-7-5-17(2)6-8-18)25-24-28(21)20-10-9-19(31-3)15-22(20)32-24/h5-10,15H,4,11-14,16H2,1-3H3. The van der Waals surface area contributed by atoms with E-state index in [1.165, 1.54) is 5.56 Å². The highest BCUT2D eigenvalue weighted by molar-refractivity contribution is 7.89. The number of aromatic nitrogens is 2. The van der Waals surface area contributed by atoms with Crippen LogP contribution in [0.4, 0.5) is 0 Å². The summed E-state index contributed by atoms with van der Waals surface area (Å²) in [5.74, 6) is 0.985. The summed E-state index contributed by atoms with van der Waals surface area (Å²) in [6.45, 7) is 6.96. The molecule has 1 fully saturated rings. The molecule has 5 rings (SSSR count). The highest BCUT2D eigenvalue weighted by Crippen LogP contribution is 2.35. The van der Waals surface area contributed by atoms with Gasteiger partial charge in [0.15, 0.2) is 4.96 Å². The Hall–Kier alpha value is -2.46. The molecule has 0 N–H and O–H groups in total. The monoisotopic (exact) mass is 484 g/mol. The fourth-order valence-corrected chi connectivity index (χ4v) is 6.54. The zero-order valence-corrected chi connectivity index (χ0v) is 20.7. The number of nitrogens with zero attached hydrogens (tertiary/aromatic N) is 4. The molecule has 0 radical (unpaired) electrons. The second-order valence-corrected chi connectivity index (χ2v) is 11.7. The minimum atomic E-state index is -3.14. The van der Waals surface area contributed by atoms with E-state index < -0.39 is 10.0 Å². The first-order valence-corrected chi connectivity index (χ1v) is 13.6. The molecule has 7 nitrogen and oxygen atoms in total. The Morgan fingerprint density at radius 1 is 1.06 bits per heavy atom. The minimum Gasteiger partial charge on any atom is -0.497 e. The Kier molecular flexibility index (Phi) is 5.90. The molecule has 0 saturated carbocycles. The van der Waals surface area contributed by atoms with Crippen LogP contribution in [0.1, 0.15) is 18.2 Å². The predicted octanol–water partition coefficient (Wildman–Crippen LogP) is 4.00. The average molecular weight is 485 g/mol. The van der Waals surface area contributed by atoms with E-state index in [9.17, 15) is 8.42 Å². The van der Waals surface area contributed by atoms with Crippen LogP contribution < -0.4 is 4.74 Å². The van der Waals surface area contributed by atoms with Gasteiger partial charge in [0, 0.05) is 38.3 Å². The largest absolute Gasteiger partial charge is 0.497 e. The van der Waals surface area contributed by atoms with Gasteiger partial charge in [-0.15, -0.1) is 0 Å². The van der Waals surface area contributed by atoms with Crippen LogP contribution in [0.2, 0.25) is 0 Å². The smallest absolute Gasteiger partial charge is 0.213 e. The van der Waals surface area contributed by atoms with E-state index in [0.29, 0.717) is 32.7 Å². The maximum absolute atomic E-state index is 12.3. The molecule has 1 saturated heterocycles. The van der Waals surface area contributed by atoms with Gasteiger partial charge < -0.3 is 4.74 Å². The Morgan fingerprint density at radius 3 is 2.45 bits per heavy atom. The van der Waals surface area contributed by atoms with E-state index in [0.717, 1.165) is 37.9 Å². The number of ether oxygens (including phenoxy) is 1. The molecule has 0 bridgehead atoms. The SMILES string of the molecule is CCS(=O)(=O)N1CCN(Cc2c(-c3ccc(C)cc3)nc3sc4cc(OC)ccc4n23)CC1. The van der Waals surface area contributed by atoms with E-state index >= 15 is 0 Å². The summed E-state index contributed by atoms with van der Waals surface area (Å²) in [7, 11) is -1.46. The molecule has 0 amide bonds. The van der Waals surface area contributed by atoms with Gasteiger partial charge in [0.05, 0.1) is 34.5 Å². The normalized spacial score (nSPS) is 16.1. The number of piperazine rings is 1. The summed E-state index contributed by atoms with van der Waals surface area (Å²) >= 11 is 1.66. The molecule has 3 heterocycles. The molecule has 4 aromatic rings. The van der Waals surface area contributed by atoms with E-state index in [2.05, 4.69) is 52.6 Å². The summed E-state index contributed by atoms with van der Waals surface area (Å²) in [5, 5.41) is 0. The van der Waals surface area contributed by atoms with Gasteiger partial charge in [-0.2, -0.15) is 4.31 Å². The molecule has 2 aromatic heterocycles. The molecule has 0 unspecified atom stereocenters. The van der Waals surface area contributed by atoms with Crippen LogP contribution in [0.5, 0.6) is 5.75 Å². The second-order valence-electron chi connectivity index (χ2n) is 8.40. The lowest BCUT2D eigenvalue weighted by Crippen LogP contribution is -2.48. The molecule has 0 atom stereocenters. The summed E-state index contributed by atoms with van der Waals surface area (Å²) in [6, 6.07) is 14.6. The lowest BCUT2D eigenvalue weighted by molar-refractivity contribution is 0.180. The van der Waals surface area contributed by atoms with Crippen LogP contribution in [0.15, 0.2) is 42.5 Å². The lowest BCUT2D eigenvalue weighted by Gasteiger charge is -2.33. The number of methoxy groups -OCH3 is 1. The first-order chi connectivity index (χ1) is 15.9. The lowest BCUT2D eigenvalue weighted by atomic mass is 10.1. The van der Waals surface area contributed by atoms with E-state index in [4.69, 9.17) is 9.72 Å². The van der Waals surface area contributed by atoms with Crippen LogP contribution in [-0.4, -0.2) is 66.0 Å². The second kappa shape index (κ2) is 8.72. The first-order valence-electron chi connectivity index (χ1n) is 11.1. The van der Waals surface area contributed by atoms with Gasteiger partial charge in [0.2, 0.25) is 10.0 Å². The minimum absolute atomic E-state index is 0.151. The van der Waals surface area contributed by atoms with Crippen LogP contribution >= 0.6 is 11.3 Å². The highest BCUT2D eigenvalue weighted by Gasteiger charge is 2.27. The van der Waals surface area contributed by atoms with Crippen molar-refractivity contribution in [3.8, 4) is 17.0 Å². The van der Waals surface area contributed by atoms with Gasteiger partial charge in [-0.05, 0) is 32.0 Å². The third kappa shape index (κ3) is 4.14. The number of fused-ring (bicyclic) bond motifs is 3. The van der Waals surface area contributed by atoms with Crippen LogP contribution in [0.3, 0.4) is 0 Å². The fraction of sp³-hybridized carbons (Fsp3) is 0.375. The molecule has 2 aromatic carbocycles. The third-order valence-corrected chi connectivity index (χ3v) is 9.22. The zero-order chi connectivity index (χ0) is 23.2. The van der Waals surface area contributed by atoms with Crippen molar-refractivity contribution in [3.63, 3.8) is 0 Å².